The fourth-order valence-electron chi connectivity index (χ4n) is 4.36. The summed E-state index contributed by atoms with van der Waals surface area (Å²) in [5.41, 5.74) is 1.11. The van der Waals surface area contributed by atoms with Crippen LogP contribution in [0.1, 0.15) is 65.1 Å². The molecular weight excluding hydrogens is 310 g/mol. The number of rotatable bonds is 6. The average Bonchev–Trinajstić information content (AvgIpc) is 3.06. The molecule has 2 saturated heterocycles. The summed E-state index contributed by atoms with van der Waals surface area (Å²) < 4.78 is 1.96. The number of hydrogen-bond acceptors (Lipinski definition) is 4. The van der Waals surface area contributed by atoms with Gasteiger partial charge in [-0.05, 0) is 83.5 Å². The Kier molecular flexibility index (Phi) is 6.50. The molecule has 0 N–H and O–H groups in total. The van der Waals surface area contributed by atoms with Crippen molar-refractivity contribution in [1.29, 1.82) is 0 Å². The Labute approximate surface area is 153 Å². The van der Waals surface area contributed by atoms with E-state index in [0.29, 0.717) is 6.04 Å². The summed E-state index contributed by atoms with van der Waals surface area (Å²) in [6.07, 6.45) is 7.59. The van der Waals surface area contributed by atoms with E-state index in [4.69, 9.17) is 0 Å². The van der Waals surface area contributed by atoms with Crippen molar-refractivity contribution in [3.8, 4) is 0 Å². The first-order valence-electron chi connectivity index (χ1n) is 10.4. The van der Waals surface area contributed by atoms with Crippen LogP contribution in [0.2, 0.25) is 0 Å². The third kappa shape index (κ3) is 5.27. The Morgan fingerprint density at radius 3 is 2.16 bits per heavy atom. The standard InChI is InChI=1S/C20H37N5/c1-16(2)19-7-11-23(12-8-19)13-18-5-9-24(10-6-18)14-20-15-25(17(3)4)22-21-20/h15-19H,5-14H2,1-4H3. The molecule has 0 radical (unpaired) electrons. The van der Waals surface area contributed by atoms with Crippen LogP contribution in [0.15, 0.2) is 6.20 Å². The number of likely N-dealkylation sites (tertiary alicyclic amines) is 2. The molecule has 5 nitrogen and oxygen atoms in total. The summed E-state index contributed by atoms with van der Waals surface area (Å²) in [4.78, 5) is 5.28. The predicted octanol–water partition coefficient (Wildman–Crippen LogP) is 3.44. The highest BCUT2D eigenvalue weighted by Crippen LogP contribution is 2.26. The van der Waals surface area contributed by atoms with E-state index in [2.05, 4.69) is 54.0 Å². The molecule has 0 atom stereocenters. The van der Waals surface area contributed by atoms with Crippen molar-refractivity contribution in [2.45, 2.75) is 66.0 Å². The van der Waals surface area contributed by atoms with Gasteiger partial charge in [-0.3, -0.25) is 4.90 Å². The highest BCUT2D eigenvalue weighted by molar-refractivity contribution is 4.94. The number of nitrogens with zero attached hydrogens (tertiary/aromatic N) is 5. The molecule has 0 aliphatic carbocycles. The molecule has 5 heteroatoms. The van der Waals surface area contributed by atoms with Crippen LogP contribution in [-0.4, -0.2) is 57.5 Å². The lowest BCUT2D eigenvalue weighted by molar-refractivity contribution is 0.105. The van der Waals surface area contributed by atoms with Crippen molar-refractivity contribution >= 4 is 0 Å². The van der Waals surface area contributed by atoms with Crippen LogP contribution < -0.4 is 0 Å². The first-order chi connectivity index (χ1) is 12.0. The molecule has 2 aliphatic heterocycles. The molecule has 0 aromatic carbocycles. The van der Waals surface area contributed by atoms with Gasteiger partial charge in [-0.1, -0.05) is 19.1 Å². The second-order valence-electron chi connectivity index (χ2n) is 8.89. The Bertz CT molecular complexity index is 508. The van der Waals surface area contributed by atoms with Crippen LogP contribution >= 0.6 is 0 Å². The molecule has 3 heterocycles. The largest absolute Gasteiger partial charge is 0.303 e. The van der Waals surface area contributed by atoms with Crippen molar-refractivity contribution in [3.63, 3.8) is 0 Å². The first kappa shape index (κ1) is 18.8. The molecule has 2 fully saturated rings. The quantitative estimate of drug-likeness (QED) is 0.790. The Morgan fingerprint density at radius 2 is 1.60 bits per heavy atom. The number of aromatic nitrogens is 3. The lowest BCUT2D eigenvalue weighted by atomic mass is 9.86. The summed E-state index contributed by atoms with van der Waals surface area (Å²) in [5.74, 6) is 2.70. The van der Waals surface area contributed by atoms with E-state index >= 15 is 0 Å². The van der Waals surface area contributed by atoms with E-state index in [-0.39, 0.29) is 0 Å². The van der Waals surface area contributed by atoms with Gasteiger partial charge in [-0.2, -0.15) is 0 Å². The molecule has 3 rings (SSSR count). The summed E-state index contributed by atoms with van der Waals surface area (Å²) >= 11 is 0. The van der Waals surface area contributed by atoms with Gasteiger partial charge in [0.05, 0.1) is 11.9 Å². The monoisotopic (exact) mass is 347 g/mol. The van der Waals surface area contributed by atoms with Crippen molar-refractivity contribution < 1.29 is 0 Å². The van der Waals surface area contributed by atoms with E-state index in [0.717, 1.165) is 30.0 Å². The highest BCUT2D eigenvalue weighted by atomic mass is 15.4. The zero-order chi connectivity index (χ0) is 17.8. The third-order valence-corrected chi connectivity index (χ3v) is 6.27. The maximum Gasteiger partial charge on any atom is 0.0967 e. The zero-order valence-electron chi connectivity index (χ0n) is 16.7. The normalized spacial score (nSPS) is 22.3. The Balaban J connectivity index is 1.37. The molecule has 0 unspecified atom stereocenters. The van der Waals surface area contributed by atoms with Gasteiger partial charge in [-0.15, -0.1) is 5.10 Å². The molecule has 25 heavy (non-hydrogen) atoms. The zero-order valence-corrected chi connectivity index (χ0v) is 16.7. The van der Waals surface area contributed by atoms with Crippen LogP contribution in [0.3, 0.4) is 0 Å². The molecule has 0 bridgehead atoms. The topological polar surface area (TPSA) is 37.2 Å². The summed E-state index contributed by atoms with van der Waals surface area (Å²) in [6.45, 7) is 16.4. The predicted molar refractivity (Wildman–Crippen MR) is 102 cm³/mol. The van der Waals surface area contributed by atoms with Crippen molar-refractivity contribution in [1.82, 2.24) is 24.8 Å². The van der Waals surface area contributed by atoms with Gasteiger partial charge in [0.1, 0.15) is 0 Å². The minimum atomic E-state index is 0.395. The van der Waals surface area contributed by atoms with Gasteiger partial charge < -0.3 is 4.90 Å². The van der Waals surface area contributed by atoms with Crippen LogP contribution in [0.5, 0.6) is 0 Å². The molecular formula is C20H37N5. The lowest BCUT2D eigenvalue weighted by Crippen LogP contribution is -2.41. The van der Waals surface area contributed by atoms with E-state index in [1.54, 1.807) is 0 Å². The van der Waals surface area contributed by atoms with Crippen LogP contribution in [0.25, 0.3) is 0 Å². The van der Waals surface area contributed by atoms with Crippen molar-refractivity contribution in [2.75, 3.05) is 32.7 Å². The van der Waals surface area contributed by atoms with Gasteiger partial charge in [-0.25, -0.2) is 4.68 Å². The van der Waals surface area contributed by atoms with E-state index in [9.17, 15) is 0 Å². The Hall–Kier alpha value is -0.940. The fraction of sp³-hybridized carbons (Fsp3) is 0.900. The van der Waals surface area contributed by atoms with Crippen LogP contribution in [0.4, 0.5) is 0 Å². The summed E-state index contributed by atoms with van der Waals surface area (Å²) in [6, 6.07) is 0.395. The van der Waals surface area contributed by atoms with Gasteiger partial charge in [0.25, 0.3) is 0 Å². The van der Waals surface area contributed by atoms with E-state index in [1.165, 1.54) is 58.4 Å². The molecule has 1 aromatic rings. The second kappa shape index (κ2) is 8.63. The Morgan fingerprint density at radius 1 is 0.960 bits per heavy atom. The SMILES string of the molecule is CC(C)C1CCN(CC2CCN(Cc3cn(C(C)C)nn3)CC2)CC1. The minimum Gasteiger partial charge on any atom is -0.303 e. The number of piperidine rings is 2. The van der Waals surface area contributed by atoms with Gasteiger partial charge in [0, 0.05) is 19.1 Å². The molecule has 0 spiro atoms. The molecule has 0 amide bonds. The van der Waals surface area contributed by atoms with Gasteiger partial charge in [0.15, 0.2) is 0 Å². The lowest BCUT2D eigenvalue weighted by Gasteiger charge is -2.38. The molecule has 1 aromatic heterocycles. The average molecular weight is 348 g/mol. The molecule has 0 saturated carbocycles. The second-order valence-corrected chi connectivity index (χ2v) is 8.89. The highest BCUT2D eigenvalue weighted by Gasteiger charge is 2.26. The minimum absolute atomic E-state index is 0.395. The maximum atomic E-state index is 4.33. The molecule has 2 aliphatic rings. The van der Waals surface area contributed by atoms with Crippen molar-refractivity contribution in [3.05, 3.63) is 11.9 Å². The fourth-order valence-corrected chi connectivity index (χ4v) is 4.36. The van der Waals surface area contributed by atoms with Crippen LogP contribution in [-0.2, 0) is 6.54 Å². The maximum absolute atomic E-state index is 4.33. The molecule has 142 valence electrons. The van der Waals surface area contributed by atoms with Gasteiger partial charge >= 0.3 is 0 Å². The first-order valence-corrected chi connectivity index (χ1v) is 10.4. The number of hydrogen-bond donors (Lipinski definition) is 0. The van der Waals surface area contributed by atoms with E-state index in [1.807, 2.05) is 4.68 Å². The van der Waals surface area contributed by atoms with Gasteiger partial charge in [0.2, 0.25) is 0 Å². The van der Waals surface area contributed by atoms with Crippen molar-refractivity contribution in [2.24, 2.45) is 17.8 Å². The third-order valence-electron chi connectivity index (χ3n) is 6.27. The summed E-state index contributed by atoms with van der Waals surface area (Å²) in [5, 5.41) is 8.55. The summed E-state index contributed by atoms with van der Waals surface area (Å²) in [7, 11) is 0. The van der Waals surface area contributed by atoms with E-state index < -0.39 is 0 Å². The smallest absolute Gasteiger partial charge is 0.0967 e. The van der Waals surface area contributed by atoms with Crippen LogP contribution in [0, 0.1) is 17.8 Å².